The van der Waals surface area contributed by atoms with Crippen LogP contribution in [-0.2, 0) is 0 Å². The van der Waals surface area contributed by atoms with Crippen LogP contribution in [0.25, 0.3) is 0 Å². The van der Waals surface area contributed by atoms with E-state index in [1.165, 1.54) is 0 Å². The number of carbonyl (C=O) groups is 1. The highest BCUT2D eigenvalue weighted by Crippen LogP contribution is 2.17. The molecule has 1 aromatic rings. The van der Waals surface area contributed by atoms with Gasteiger partial charge in [-0.25, -0.2) is 13.2 Å². The fraction of sp³-hybridized carbons (Fsp3) is 0.462. The van der Waals surface area contributed by atoms with Crippen molar-refractivity contribution < 1.29 is 18.0 Å². The molecule has 0 aliphatic carbocycles. The van der Waals surface area contributed by atoms with E-state index < -0.39 is 28.9 Å². The molecule has 1 amide bonds. The van der Waals surface area contributed by atoms with Gasteiger partial charge in [0, 0.05) is 12.6 Å². The van der Waals surface area contributed by atoms with Crippen LogP contribution in [0.2, 0.25) is 0 Å². The van der Waals surface area contributed by atoms with E-state index >= 15 is 0 Å². The summed E-state index contributed by atoms with van der Waals surface area (Å²) >= 11 is 0. The van der Waals surface area contributed by atoms with Crippen molar-refractivity contribution in [3.63, 3.8) is 0 Å². The van der Waals surface area contributed by atoms with Crippen LogP contribution in [0.5, 0.6) is 0 Å². The van der Waals surface area contributed by atoms with E-state index in [1.54, 1.807) is 0 Å². The maximum absolute atomic E-state index is 13.5. The Morgan fingerprint density at radius 1 is 1.32 bits per heavy atom. The number of amides is 1. The van der Waals surface area contributed by atoms with Crippen molar-refractivity contribution in [1.82, 2.24) is 10.6 Å². The van der Waals surface area contributed by atoms with E-state index in [9.17, 15) is 18.0 Å². The van der Waals surface area contributed by atoms with Gasteiger partial charge < -0.3 is 10.6 Å². The van der Waals surface area contributed by atoms with Gasteiger partial charge in [0.25, 0.3) is 5.91 Å². The van der Waals surface area contributed by atoms with Gasteiger partial charge in [-0.15, -0.1) is 0 Å². The Morgan fingerprint density at radius 2 is 2.05 bits per heavy atom. The third-order valence-corrected chi connectivity index (χ3v) is 3.42. The normalized spacial score (nSPS) is 23.2. The van der Waals surface area contributed by atoms with Gasteiger partial charge >= 0.3 is 0 Å². The first kappa shape index (κ1) is 13.9. The topological polar surface area (TPSA) is 41.1 Å². The summed E-state index contributed by atoms with van der Waals surface area (Å²) in [7, 11) is 0. The number of hydrogen-bond donors (Lipinski definition) is 2. The summed E-state index contributed by atoms with van der Waals surface area (Å²) in [6.45, 7) is 3.43. The maximum Gasteiger partial charge on any atom is 0.254 e. The molecule has 1 saturated heterocycles. The first-order valence-electron chi connectivity index (χ1n) is 6.15. The predicted molar refractivity (Wildman–Crippen MR) is 64.2 cm³/mol. The monoisotopic (exact) mass is 272 g/mol. The van der Waals surface area contributed by atoms with Crippen LogP contribution in [0.1, 0.15) is 23.7 Å². The number of rotatable bonds is 2. The number of carbonyl (C=O) groups excluding carboxylic acids is 1. The van der Waals surface area contributed by atoms with E-state index in [0.717, 1.165) is 25.1 Å². The molecule has 1 heterocycles. The molecule has 1 fully saturated rings. The van der Waals surface area contributed by atoms with Gasteiger partial charge in [0.15, 0.2) is 17.5 Å². The number of piperidine rings is 1. The third kappa shape index (κ3) is 2.89. The van der Waals surface area contributed by atoms with Crippen molar-refractivity contribution >= 4 is 5.91 Å². The van der Waals surface area contributed by atoms with Crippen molar-refractivity contribution in [2.24, 2.45) is 5.92 Å². The Bertz CT molecular complexity index is 493. The van der Waals surface area contributed by atoms with E-state index in [4.69, 9.17) is 0 Å². The second kappa shape index (κ2) is 5.61. The summed E-state index contributed by atoms with van der Waals surface area (Å²) in [4.78, 5) is 11.9. The highest BCUT2D eigenvalue weighted by molar-refractivity contribution is 5.94. The van der Waals surface area contributed by atoms with Crippen LogP contribution in [0.3, 0.4) is 0 Å². The Morgan fingerprint density at radius 3 is 2.74 bits per heavy atom. The van der Waals surface area contributed by atoms with Crippen LogP contribution in [-0.4, -0.2) is 25.0 Å². The van der Waals surface area contributed by atoms with Crippen LogP contribution in [0.4, 0.5) is 13.2 Å². The fourth-order valence-electron chi connectivity index (χ4n) is 2.13. The zero-order valence-electron chi connectivity index (χ0n) is 10.5. The van der Waals surface area contributed by atoms with E-state index in [0.29, 0.717) is 6.54 Å². The average Bonchev–Trinajstić information content (AvgIpc) is 2.39. The smallest absolute Gasteiger partial charge is 0.254 e. The predicted octanol–water partition coefficient (Wildman–Crippen LogP) is 1.83. The summed E-state index contributed by atoms with van der Waals surface area (Å²) in [5, 5.41) is 5.76. The molecule has 0 spiro atoms. The average molecular weight is 272 g/mol. The standard InChI is InChI=1S/C13H15F3N2O/c1-7-4-5-17-6-10(7)18-13(19)8-2-3-9(14)12(16)11(8)15/h2-3,7,10,17H,4-6H2,1H3,(H,18,19). The van der Waals surface area contributed by atoms with E-state index in [2.05, 4.69) is 10.6 Å². The molecule has 104 valence electrons. The Labute approximate surface area is 109 Å². The zero-order valence-corrected chi connectivity index (χ0v) is 10.5. The molecule has 1 aliphatic heterocycles. The summed E-state index contributed by atoms with van der Waals surface area (Å²) < 4.78 is 39.3. The van der Waals surface area contributed by atoms with Gasteiger partial charge in [-0.05, 0) is 31.0 Å². The molecule has 1 aliphatic rings. The molecular weight excluding hydrogens is 257 g/mol. The van der Waals surface area contributed by atoms with Gasteiger partial charge in [0.1, 0.15) is 0 Å². The van der Waals surface area contributed by atoms with Gasteiger partial charge in [-0.1, -0.05) is 6.92 Å². The van der Waals surface area contributed by atoms with Crippen LogP contribution < -0.4 is 10.6 Å². The molecule has 2 N–H and O–H groups in total. The Balaban J connectivity index is 2.14. The van der Waals surface area contributed by atoms with Gasteiger partial charge in [0.2, 0.25) is 0 Å². The molecule has 0 bridgehead atoms. The first-order chi connectivity index (χ1) is 9.00. The number of nitrogens with one attached hydrogen (secondary N) is 2. The lowest BCUT2D eigenvalue weighted by molar-refractivity contribution is 0.0910. The first-order valence-corrected chi connectivity index (χ1v) is 6.15. The Hall–Kier alpha value is -1.56. The molecule has 1 aromatic carbocycles. The van der Waals surface area contributed by atoms with Crippen LogP contribution >= 0.6 is 0 Å². The van der Waals surface area contributed by atoms with Crippen molar-refractivity contribution in [2.45, 2.75) is 19.4 Å². The van der Waals surface area contributed by atoms with Crippen molar-refractivity contribution in [2.75, 3.05) is 13.1 Å². The molecule has 3 nitrogen and oxygen atoms in total. The molecule has 2 atom stereocenters. The molecule has 0 saturated carbocycles. The van der Waals surface area contributed by atoms with Crippen LogP contribution in [0, 0.1) is 23.4 Å². The summed E-state index contributed by atoms with van der Waals surface area (Å²) in [6, 6.07) is 1.55. The minimum absolute atomic E-state index is 0.145. The lowest BCUT2D eigenvalue weighted by Gasteiger charge is -2.30. The number of benzene rings is 1. The summed E-state index contributed by atoms with van der Waals surface area (Å²) in [6.07, 6.45) is 0.894. The van der Waals surface area contributed by atoms with Gasteiger partial charge in [-0.3, -0.25) is 4.79 Å². The lowest BCUT2D eigenvalue weighted by atomic mass is 9.94. The van der Waals surface area contributed by atoms with Crippen molar-refractivity contribution in [3.8, 4) is 0 Å². The molecule has 6 heteroatoms. The number of halogens is 3. The van der Waals surface area contributed by atoms with Crippen molar-refractivity contribution in [3.05, 3.63) is 35.1 Å². The summed E-state index contributed by atoms with van der Waals surface area (Å²) in [5.41, 5.74) is -0.475. The van der Waals surface area contributed by atoms with Crippen LogP contribution in [0.15, 0.2) is 12.1 Å². The lowest BCUT2D eigenvalue weighted by Crippen LogP contribution is -2.50. The highest BCUT2D eigenvalue weighted by atomic mass is 19.2. The van der Waals surface area contributed by atoms with Gasteiger partial charge in [-0.2, -0.15) is 0 Å². The van der Waals surface area contributed by atoms with E-state index in [-0.39, 0.29) is 12.0 Å². The number of hydrogen-bond acceptors (Lipinski definition) is 2. The fourth-order valence-corrected chi connectivity index (χ4v) is 2.13. The SMILES string of the molecule is CC1CCNCC1NC(=O)c1ccc(F)c(F)c1F. The molecule has 2 rings (SSSR count). The van der Waals surface area contributed by atoms with Crippen molar-refractivity contribution in [1.29, 1.82) is 0 Å². The molecule has 0 radical (unpaired) electrons. The molecular formula is C13H15F3N2O. The largest absolute Gasteiger partial charge is 0.348 e. The molecule has 0 aromatic heterocycles. The second-order valence-corrected chi connectivity index (χ2v) is 4.77. The molecule has 19 heavy (non-hydrogen) atoms. The Kier molecular flexibility index (Phi) is 4.09. The minimum atomic E-state index is -1.62. The maximum atomic E-state index is 13.5. The summed E-state index contributed by atoms with van der Waals surface area (Å²) in [5.74, 6) is -4.85. The van der Waals surface area contributed by atoms with Gasteiger partial charge in [0.05, 0.1) is 5.56 Å². The van der Waals surface area contributed by atoms with E-state index in [1.807, 2.05) is 6.92 Å². The molecule has 2 unspecified atom stereocenters. The third-order valence-electron chi connectivity index (χ3n) is 3.42. The minimum Gasteiger partial charge on any atom is -0.348 e. The quantitative estimate of drug-likeness (QED) is 0.806. The highest BCUT2D eigenvalue weighted by Gasteiger charge is 2.25. The second-order valence-electron chi connectivity index (χ2n) is 4.77. The zero-order chi connectivity index (χ0) is 14.0.